The van der Waals surface area contributed by atoms with Crippen LogP contribution in [0.25, 0.3) is 71.0 Å². The molecule has 2 heteroatoms. The maximum absolute atomic E-state index is 8.48. The smallest absolute Gasteiger partial charge is 0.0633 e. The van der Waals surface area contributed by atoms with E-state index in [9.17, 15) is 0 Å². The number of nitrogens with one attached hydrogen (secondary N) is 2. The van der Waals surface area contributed by atoms with E-state index < -0.39 is 0 Å². The summed E-state index contributed by atoms with van der Waals surface area (Å²) in [6.07, 6.45) is 14.0. The minimum absolute atomic E-state index is 0.504. The molecule has 0 aromatic heterocycles. The lowest BCUT2D eigenvalue weighted by molar-refractivity contribution is 1.11. The minimum atomic E-state index is 0.504. The van der Waals surface area contributed by atoms with Crippen LogP contribution in [0.5, 0.6) is 0 Å². The normalized spacial score (nSPS) is 15.9. The molecule has 0 unspecified atom stereocenters. The van der Waals surface area contributed by atoms with Crippen LogP contribution in [-0.4, -0.2) is 5.71 Å². The van der Waals surface area contributed by atoms with Crippen LogP contribution in [-0.2, 0) is 0 Å². The molecule has 2 N–H and O–H groups in total. The van der Waals surface area contributed by atoms with Gasteiger partial charge in [-0.1, -0.05) is 133 Å². The van der Waals surface area contributed by atoms with Gasteiger partial charge in [-0.2, -0.15) is 0 Å². The van der Waals surface area contributed by atoms with Gasteiger partial charge in [0, 0.05) is 17.0 Å². The SMILES string of the molecule is N=C1C=CC=C/C1=C1\C=CC=C(c2ccc3c(-c4ccc5ccccc5c4)c4ccccc4c(-c4ccc5ccccc5c4)c3c2)N1. The number of rotatable bonds is 3. The Labute approximate surface area is 273 Å². The molecule has 0 bridgehead atoms. The number of dihydropyridines is 1. The summed E-state index contributed by atoms with van der Waals surface area (Å²) in [6, 6.07) is 46.6. The van der Waals surface area contributed by atoms with Crippen LogP contribution in [0.2, 0.25) is 0 Å². The molecule has 1 heterocycles. The highest BCUT2D eigenvalue weighted by Crippen LogP contribution is 2.45. The first-order valence-electron chi connectivity index (χ1n) is 16.0. The van der Waals surface area contributed by atoms with Gasteiger partial charge in [-0.3, -0.25) is 0 Å². The summed E-state index contributed by atoms with van der Waals surface area (Å²) in [5.74, 6) is 0. The Morgan fingerprint density at radius 2 is 0.979 bits per heavy atom. The third-order valence-electron chi connectivity index (χ3n) is 9.42. The number of fused-ring (bicyclic) bond motifs is 4. The molecule has 47 heavy (non-hydrogen) atoms. The number of allylic oxidation sites excluding steroid dienone is 8. The standard InChI is InChI=1S/C45H30N2/c46-41-17-8-7-16-39(41)43-19-9-18-42(47-43)33-24-25-38-40(28-33)45(35-23-21-30-11-2-4-13-32(30)27-35)37-15-6-5-14-36(37)44(38)34-22-20-29-10-1-3-12-31(29)26-34/h1-28,46-47H/b43-39-,46-41?. The highest BCUT2D eigenvalue weighted by atomic mass is 14.9. The van der Waals surface area contributed by atoms with Crippen molar-refractivity contribution in [2.45, 2.75) is 0 Å². The zero-order chi connectivity index (χ0) is 31.3. The summed E-state index contributed by atoms with van der Waals surface area (Å²) in [5, 5.41) is 22.0. The van der Waals surface area contributed by atoms with Gasteiger partial charge in [0.25, 0.3) is 0 Å². The first-order valence-corrected chi connectivity index (χ1v) is 16.0. The second kappa shape index (κ2) is 11.0. The van der Waals surface area contributed by atoms with Crippen LogP contribution in [0.1, 0.15) is 5.56 Å². The van der Waals surface area contributed by atoms with Crippen molar-refractivity contribution in [2.24, 2.45) is 0 Å². The summed E-state index contributed by atoms with van der Waals surface area (Å²) >= 11 is 0. The molecular weight excluding hydrogens is 569 g/mol. The van der Waals surface area contributed by atoms with Crippen molar-refractivity contribution in [1.82, 2.24) is 5.32 Å². The van der Waals surface area contributed by atoms with Gasteiger partial charge in [-0.05, 0) is 107 Å². The van der Waals surface area contributed by atoms with Gasteiger partial charge in [0.05, 0.1) is 5.71 Å². The molecule has 0 saturated carbocycles. The maximum atomic E-state index is 8.48. The molecule has 2 aliphatic rings. The fourth-order valence-electron chi connectivity index (χ4n) is 7.17. The summed E-state index contributed by atoms with van der Waals surface area (Å²) in [4.78, 5) is 0. The summed E-state index contributed by atoms with van der Waals surface area (Å²) < 4.78 is 0. The van der Waals surface area contributed by atoms with Gasteiger partial charge < -0.3 is 10.7 Å². The average molecular weight is 599 g/mol. The first kappa shape index (κ1) is 27.1. The molecule has 0 amide bonds. The highest BCUT2D eigenvalue weighted by molar-refractivity contribution is 6.22. The van der Waals surface area contributed by atoms with Crippen LogP contribution >= 0.6 is 0 Å². The molecule has 2 nitrogen and oxygen atoms in total. The molecule has 0 atom stereocenters. The number of hydrogen-bond acceptors (Lipinski definition) is 2. The van der Waals surface area contributed by atoms with Crippen molar-refractivity contribution in [2.75, 3.05) is 0 Å². The van der Waals surface area contributed by atoms with Crippen molar-refractivity contribution in [3.63, 3.8) is 0 Å². The summed E-state index contributed by atoms with van der Waals surface area (Å²) in [7, 11) is 0. The average Bonchev–Trinajstić information content (AvgIpc) is 3.13. The topological polar surface area (TPSA) is 35.9 Å². The van der Waals surface area contributed by atoms with Gasteiger partial charge >= 0.3 is 0 Å². The van der Waals surface area contributed by atoms with Crippen LogP contribution in [0.15, 0.2) is 181 Å². The molecular formula is C45H30N2. The van der Waals surface area contributed by atoms with E-state index in [1.54, 1.807) is 0 Å². The molecule has 1 aliphatic carbocycles. The highest BCUT2D eigenvalue weighted by Gasteiger charge is 2.19. The molecule has 9 rings (SSSR count). The molecule has 0 spiro atoms. The lowest BCUT2D eigenvalue weighted by atomic mass is 9.84. The van der Waals surface area contributed by atoms with Crippen molar-refractivity contribution in [3.8, 4) is 22.3 Å². The lowest BCUT2D eigenvalue weighted by Crippen LogP contribution is -2.17. The minimum Gasteiger partial charge on any atom is -0.354 e. The zero-order valence-corrected chi connectivity index (χ0v) is 25.7. The first-order chi connectivity index (χ1) is 23.2. The maximum Gasteiger partial charge on any atom is 0.0633 e. The molecule has 0 fully saturated rings. The molecule has 0 saturated heterocycles. The third-order valence-corrected chi connectivity index (χ3v) is 9.42. The quantitative estimate of drug-likeness (QED) is 0.195. The molecule has 1 aliphatic heterocycles. The van der Waals surface area contributed by atoms with E-state index in [2.05, 4.69) is 145 Å². The fraction of sp³-hybridized carbons (Fsp3) is 0. The lowest BCUT2D eigenvalue weighted by Gasteiger charge is -2.21. The zero-order valence-electron chi connectivity index (χ0n) is 25.7. The Kier molecular flexibility index (Phi) is 6.33. The Hall–Kier alpha value is -6.25. The molecule has 7 aromatic carbocycles. The van der Waals surface area contributed by atoms with Crippen molar-refractivity contribution >= 4 is 54.5 Å². The van der Waals surface area contributed by atoms with Crippen LogP contribution in [0.3, 0.4) is 0 Å². The van der Waals surface area contributed by atoms with Gasteiger partial charge in [-0.25, -0.2) is 0 Å². The summed E-state index contributed by atoms with van der Waals surface area (Å²) in [5.41, 5.74) is 9.33. The van der Waals surface area contributed by atoms with Crippen LogP contribution in [0, 0.1) is 5.41 Å². The number of hydrogen-bond donors (Lipinski definition) is 2. The van der Waals surface area contributed by atoms with Gasteiger partial charge in [0.2, 0.25) is 0 Å². The fourth-order valence-corrected chi connectivity index (χ4v) is 7.17. The Balaban J connectivity index is 1.32. The Morgan fingerprint density at radius 3 is 1.64 bits per heavy atom. The monoisotopic (exact) mass is 598 g/mol. The van der Waals surface area contributed by atoms with E-state index in [0.29, 0.717) is 5.71 Å². The van der Waals surface area contributed by atoms with Gasteiger partial charge in [0.1, 0.15) is 0 Å². The summed E-state index contributed by atoms with van der Waals surface area (Å²) in [6.45, 7) is 0. The van der Waals surface area contributed by atoms with E-state index in [1.165, 1.54) is 65.3 Å². The largest absolute Gasteiger partial charge is 0.354 e. The van der Waals surface area contributed by atoms with Crippen LogP contribution in [0.4, 0.5) is 0 Å². The van der Waals surface area contributed by atoms with Crippen molar-refractivity contribution in [3.05, 3.63) is 187 Å². The van der Waals surface area contributed by atoms with Crippen molar-refractivity contribution < 1.29 is 0 Å². The van der Waals surface area contributed by atoms with Gasteiger partial charge in [0.15, 0.2) is 0 Å². The Bertz CT molecular complexity index is 2610. The van der Waals surface area contributed by atoms with Crippen LogP contribution < -0.4 is 5.32 Å². The number of benzene rings is 7. The Morgan fingerprint density at radius 1 is 0.426 bits per heavy atom. The van der Waals surface area contributed by atoms with E-state index in [0.717, 1.165) is 22.5 Å². The molecule has 220 valence electrons. The predicted molar refractivity (Wildman–Crippen MR) is 201 cm³/mol. The van der Waals surface area contributed by atoms with E-state index >= 15 is 0 Å². The second-order valence-corrected chi connectivity index (χ2v) is 12.2. The van der Waals surface area contributed by atoms with Gasteiger partial charge in [-0.15, -0.1) is 0 Å². The van der Waals surface area contributed by atoms with E-state index in [-0.39, 0.29) is 0 Å². The van der Waals surface area contributed by atoms with E-state index in [1.807, 2.05) is 30.4 Å². The molecule has 0 radical (unpaired) electrons. The second-order valence-electron chi connectivity index (χ2n) is 12.2. The van der Waals surface area contributed by atoms with E-state index in [4.69, 9.17) is 5.41 Å². The third kappa shape index (κ3) is 4.62. The van der Waals surface area contributed by atoms with Crippen molar-refractivity contribution in [1.29, 1.82) is 5.41 Å². The predicted octanol–water partition coefficient (Wildman–Crippen LogP) is 11.5. The molecule has 7 aromatic rings.